The molecule has 26 heavy (non-hydrogen) atoms. The molecule has 0 saturated carbocycles. The Morgan fingerprint density at radius 2 is 2.00 bits per heavy atom. The van der Waals surface area contributed by atoms with Gasteiger partial charge in [-0.15, -0.1) is 6.58 Å². The van der Waals surface area contributed by atoms with Gasteiger partial charge in [-0.05, 0) is 36.8 Å². The van der Waals surface area contributed by atoms with E-state index >= 15 is 0 Å². The molecule has 0 aliphatic heterocycles. The summed E-state index contributed by atoms with van der Waals surface area (Å²) in [4.78, 5) is 0. The first-order valence-electron chi connectivity index (χ1n) is 8.17. The van der Waals surface area contributed by atoms with Crippen molar-refractivity contribution < 1.29 is 9.47 Å². The number of thiocarbonyl (C=S) groups is 1. The van der Waals surface area contributed by atoms with Crippen LogP contribution in [-0.4, -0.2) is 25.0 Å². The highest BCUT2D eigenvalue weighted by Gasteiger charge is 2.09. The Kier molecular flexibility index (Phi) is 7.64. The molecule has 5 nitrogen and oxygen atoms in total. The normalized spacial score (nSPS) is 10.4. The molecule has 0 atom stereocenters. The van der Waals surface area contributed by atoms with Crippen LogP contribution in [0.25, 0.3) is 0 Å². The molecule has 0 unspecified atom stereocenters. The Hall–Kier alpha value is -2.86. The third kappa shape index (κ3) is 5.89. The fraction of sp³-hybridized carbons (Fsp3) is 0.200. The fourth-order valence-corrected chi connectivity index (χ4v) is 2.29. The zero-order valence-electron chi connectivity index (χ0n) is 15.0. The van der Waals surface area contributed by atoms with Crippen LogP contribution in [0, 0.1) is 6.92 Å². The Balaban J connectivity index is 2.09. The maximum Gasteiger partial charge on any atom is 0.187 e. The minimum absolute atomic E-state index is 0.422. The zero-order chi connectivity index (χ0) is 18.8. The minimum atomic E-state index is 0.422. The number of methoxy groups -OCH3 is 1. The third-order valence-electron chi connectivity index (χ3n) is 3.51. The van der Waals surface area contributed by atoms with Gasteiger partial charge in [0, 0.05) is 12.1 Å². The molecule has 2 N–H and O–H groups in total. The zero-order valence-corrected chi connectivity index (χ0v) is 15.8. The lowest BCUT2D eigenvalue weighted by molar-refractivity contribution is 0.284. The van der Waals surface area contributed by atoms with E-state index in [-0.39, 0.29) is 0 Å². The highest BCUT2D eigenvalue weighted by Crippen LogP contribution is 2.30. The van der Waals surface area contributed by atoms with Crippen LogP contribution >= 0.6 is 12.2 Å². The third-order valence-corrected chi connectivity index (χ3v) is 3.75. The molecule has 0 fully saturated rings. The van der Waals surface area contributed by atoms with E-state index in [0.717, 1.165) is 11.1 Å². The van der Waals surface area contributed by atoms with Crippen LogP contribution in [0.15, 0.2) is 60.2 Å². The van der Waals surface area contributed by atoms with Gasteiger partial charge < -0.3 is 14.8 Å². The van der Waals surface area contributed by atoms with Crippen molar-refractivity contribution >= 4 is 23.5 Å². The molecular weight excluding hydrogens is 346 g/mol. The Morgan fingerprint density at radius 3 is 2.69 bits per heavy atom. The molecule has 6 heteroatoms. The number of hydrogen-bond acceptors (Lipinski definition) is 4. The standard InChI is InChI=1S/C20H23N3O2S/c1-4-12-21-20(26)23-22-13-17-6-5-7-18(24-3)19(17)25-14-16-10-8-15(2)9-11-16/h4-11,13H,1,12,14H2,2-3H3,(H2,21,23,26)/b22-13-. The van der Waals surface area contributed by atoms with Crippen molar-refractivity contribution in [3.8, 4) is 11.5 Å². The second kappa shape index (κ2) is 10.2. The van der Waals surface area contributed by atoms with Crippen molar-refractivity contribution in [3.05, 3.63) is 71.8 Å². The number of hydrazone groups is 1. The summed E-state index contributed by atoms with van der Waals surface area (Å²) in [6, 6.07) is 13.8. The minimum Gasteiger partial charge on any atom is -0.493 e. The first-order valence-corrected chi connectivity index (χ1v) is 8.58. The molecule has 0 aliphatic carbocycles. The highest BCUT2D eigenvalue weighted by atomic mass is 32.1. The van der Waals surface area contributed by atoms with Crippen LogP contribution in [-0.2, 0) is 6.61 Å². The average molecular weight is 369 g/mol. The van der Waals surface area contributed by atoms with Gasteiger partial charge >= 0.3 is 0 Å². The summed E-state index contributed by atoms with van der Waals surface area (Å²) in [5, 5.41) is 7.51. The summed E-state index contributed by atoms with van der Waals surface area (Å²) >= 11 is 5.10. The number of para-hydroxylation sites is 1. The van der Waals surface area contributed by atoms with Crippen LogP contribution in [0.3, 0.4) is 0 Å². The van der Waals surface area contributed by atoms with Crippen molar-refractivity contribution in [2.75, 3.05) is 13.7 Å². The summed E-state index contributed by atoms with van der Waals surface area (Å²) < 4.78 is 11.4. The molecule has 0 bridgehead atoms. The van der Waals surface area contributed by atoms with Crippen LogP contribution in [0.2, 0.25) is 0 Å². The van der Waals surface area contributed by atoms with Gasteiger partial charge in [0.1, 0.15) is 6.61 Å². The average Bonchev–Trinajstić information content (AvgIpc) is 2.66. The Labute approximate surface area is 159 Å². The maximum atomic E-state index is 6.00. The van der Waals surface area contributed by atoms with Crippen molar-refractivity contribution in [2.24, 2.45) is 5.10 Å². The van der Waals surface area contributed by atoms with Crippen LogP contribution in [0.5, 0.6) is 11.5 Å². The van der Waals surface area contributed by atoms with Gasteiger partial charge in [-0.2, -0.15) is 5.10 Å². The van der Waals surface area contributed by atoms with Crippen molar-refractivity contribution in [3.63, 3.8) is 0 Å². The van der Waals surface area contributed by atoms with Crippen molar-refractivity contribution in [1.29, 1.82) is 0 Å². The number of ether oxygens (including phenoxy) is 2. The summed E-state index contributed by atoms with van der Waals surface area (Å²) in [5.74, 6) is 1.28. The second-order valence-corrected chi connectivity index (χ2v) is 5.93. The lowest BCUT2D eigenvalue weighted by atomic mass is 10.1. The van der Waals surface area contributed by atoms with Gasteiger partial charge in [-0.1, -0.05) is 42.0 Å². The van der Waals surface area contributed by atoms with E-state index in [9.17, 15) is 0 Å². The highest BCUT2D eigenvalue weighted by molar-refractivity contribution is 7.80. The lowest BCUT2D eigenvalue weighted by Crippen LogP contribution is -2.31. The van der Waals surface area contributed by atoms with Gasteiger partial charge in [0.2, 0.25) is 0 Å². The largest absolute Gasteiger partial charge is 0.493 e. The van der Waals surface area contributed by atoms with E-state index in [2.05, 4.69) is 41.5 Å². The number of rotatable bonds is 8. The SMILES string of the molecule is C=CCNC(=S)N/N=C\c1cccc(OC)c1OCc1ccc(C)cc1. The van der Waals surface area contributed by atoms with Crippen molar-refractivity contribution in [2.45, 2.75) is 13.5 Å². The van der Waals surface area contributed by atoms with E-state index in [0.29, 0.717) is 29.8 Å². The molecule has 136 valence electrons. The first kappa shape index (κ1) is 19.5. The molecule has 0 aliphatic rings. The van der Waals surface area contributed by atoms with Crippen LogP contribution in [0.4, 0.5) is 0 Å². The smallest absolute Gasteiger partial charge is 0.187 e. The fourth-order valence-electron chi connectivity index (χ4n) is 2.15. The molecule has 2 aromatic rings. The number of hydrogen-bond donors (Lipinski definition) is 2. The van der Waals surface area contributed by atoms with Crippen LogP contribution < -0.4 is 20.2 Å². The van der Waals surface area contributed by atoms with Crippen molar-refractivity contribution in [1.82, 2.24) is 10.7 Å². The molecule has 0 spiro atoms. The molecular formula is C20H23N3O2S. The van der Waals surface area contributed by atoms with E-state index in [1.807, 2.05) is 30.3 Å². The summed E-state index contributed by atoms with van der Waals surface area (Å²) in [5.41, 5.74) is 5.84. The monoisotopic (exact) mass is 369 g/mol. The van der Waals surface area contributed by atoms with E-state index in [1.54, 1.807) is 19.4 Å². The summed E-state index contributed by atoms with van der Waals surface area (Å²) in [7, 11) is 1.61. The summed E-state index contributed by atoms with van der Waals surface area (Å²) in [6.45, 7) is 6.69. The van der Waals surface area contributed by atoms with E-state index in [1.165, 1.54) is 5.56 Å². The topological polar surface area (TPSA) is 54.9 Å². The summed E-state index contributed by atoms with van der Waals surface area (Å²) in [6.07, 6.45) is 3.37. The molecule has 2 rings (SSSR count). The van der Waals surface area contributed by atoms with Gasteiger partial charge in [0.25, 0.3) is 0 Å². The van der Waals surface area contributed by atoms with E-state index < -0.39 is 0 Å². The van der Waals surface area contributed by atoms with E-state index in [4.69, 9.17) is 21.7 Å². The van der Waals surface area contributed by atoms with Gasteiger partial charge in [-0.3, -0.25) is 5.43 Å². The van der Waals surface area contributed by atoms with Crippen LogP contribution in [0.1, 0.15) is 16.7 Å². The molecule has 0 radical (unpaired) electrons. The molecule has 0 saturated heterocycles. The molecule has 0 heterocycles. The second-order valence-electron chi connectivity index (χ2n) is 5.52. The number of nitrogens with one attached hydrogen (secondary N) is 2. The molecule has 0 aromatic heterocycles. The maximum absolute atomic E-state index is 6.00. The number of nitrogens with zero attached hydrogens (tertiary/aromatic N) is 1. The number of aryl methyl sites for hydroxylation is 1. The Bertz CT molecular complexity index is 773. The predicted octanol–water partition coefficient (Wildman–Crippen LogP) is 3.57. The predicted molar refractivity (Wildman–Crippen MR) is 110 cm³/mol. The van der Waals surface area contributed by atoms with Gasteiger partial charge in [-0.25, -0.2) is 0 Å². The van der Waals surface area contributed by atoms with Gasteiger partial charge in [0.15, 0.2) is 16.6 Å². The van der Waals surface area contributed by atoms with Gasteiger partial charge in [0.05, 0.1) is 13.3 Å². The molecule has 0 amide bonds. The first-order chi connectivity index (χ1) is 12.6. The number of benzene rings is 2. The Morgan fingerprint density at radius 1 is 1.23 bits per heavy atom. The molecule has 2 aromatic carbocycles. The lowest BCUT2D eigenvalue weighted by Gasteiger charge is -2.13. The quantitative estimate of drug-likeness (QED) is 0.322.